The summed E-state index contributed by atoms with van der Waals surface area (Å²) in [6.07, 6.45) is -0.171. The Morgan fingerprint density at radius 3 is 2.33 bits per heavy atom. The molecule has 2 atom stereocenters. The van der Waals surface area contributed by atoms with Gasteiger partial charge in [-0.25, -0.2) is 0 Å². The molecule has 0 amide bonds. The van der Waals surface area contributed by atoms with Gasteiger partial charge in [-0.1, -0.05) is 15.9 Å². The van der Waals surface area contributed by atoms with Crippen molar-refractivity contribution in [3.63, 3.8) is 0 Å². The first-order valence-electron chi connectivity index (χ1n) is 2.45. The summed E-state index contributed by atoms with van der Waals surface area (Å²) in [7, 11) is 1.53. The minimum Gasteiger partial charge on any atom is -0.380 e. The number of carbonyl (C=O) groups excluding carboxylic acids is 1. The number of rotatable bonds is 3. The molecule has 0 aromatic heterocycles. The number of hydrogen-bond acceptors (Lipinski definition) is 2. The second kappa shape index (κ2) is 4.25. The average Bonchev–Trinajstić information content (AvgIpc) is 1.84. The Morgan fingerprint density at radius 1 is 1.78 bits per heavy atom. The average molecular weight is 215 g/mol. The highest BCUT2D eigenvalue weighted by molar-refractivity contribution is 9.10. The zero-order valence-electron chi connectivity index (χ0n) is 5.23. The van der Waals surface area contributed by atoms with Gasteiger partial charge in [-0.3, -0.25) is 4.79 Å². The van der Waals surface area contributed by atoms with E-state index in [9.17, 15) is 4.79 Å². The van der Waals surface area contributed by atoms with Crippen LogP contribution < -0.4 is 0 Å². The molecule has 0 aromatic carbocycles. The lowest BCUT2D eigenvalue weighted by molar-refractivity contribution is -0.112. The van der Waals surface area contributed by atoms with Crippen molar-refractivity contribution in [3.8, 4) is 0 Å². The highest BCUT2D eigenvalue weighted by Gasteiger charge is 2.18. The predicted octanol–water partition coefficient (Wildman–Crippen LogP) is 1.55. The fraction of sp³-hybridized carbons (Fsp3) is 0.800. The van der Waals surface area contributed by atoms with E-state index in [4.69, 9.17) is 16.3 Å². The van der Waals surface area contributed by atoms with Crippen LogP contribution in [-0.4, -0.2) is 23.3 Å². The molecule has 0 fully saturated rings. The first-order chi connectivity index (χ1) is 4.09. The highest BCUT2D eigenvalue weighted by atomic mass is 79.9. The van der Waals surface area contributed by atoms with E-state index in [0.717, 1.165) is 0 Å². The lowest BCUT2D eigenvalue weighted by Gasteiger charge is -2.11. The number of alkyl halides is 1. The van der Waals surface area contributed by atoms with E-state index in [2.05, 4.69) is 15.9 Å². The normalized spacial score (nSPS) is 16.9. The van der Waals surface area contributed by atoms with E-state index < -0.39 is 10.1 Å². The summed E-state index contributed by atoms with van der Waals surface area (Å²) in [5, 5.41) is -0.427. The fourth-order valence-corrected chi connectivity index (χ4v) is 0.697. The summed E-state index contributed by atoms with van der Waals surface area (Å²) < 4.78 is 4.82. The summed E-state index contributed by atoms with van der Waals surface area (Å²) in [6.45, 7) is 1.76. The van der Waals surface area contributed by atoms with Crippen LogP contribution in [0.4, 0.5) is 0 Å². The van der Waals surface area contributed by atoms with Gasteiger partial charge in [0.05, 0.1) is 6.10 Å². The molecule has 4 heteroatoms. The van der Waals surface area contributed by atoms with Gasteiger partial charge in [0.15, 0.2) is 0 Å². The van der Waals surface area contributed by atoms with Crippen molar-refractivity contribution in [2.45, 2.75) is 17.9 Å². The second-order valence-corrected chi connectivity index (χ2v) is 3.01. The van der Waals surface area contributed by atoms with Crippen LogP contribution in [0.5, 0.6) is 0 Å². The summed E-state index contributed by atoms with van der Waals surface area (Å²) >= 11 is 8.20. The van der Waals surface area contributed by atoms with Crippen LogP contribution in [0, 0.1) is 0 Å². The molecule has 0 unspecified atom stereocenters. The maximum absolute atomic E-state index is 10.4. The van der Waals surface area contributed by atoms with E-state index >= 15 is 0 Å². The Bertz CT molecular complexity index is 107. The van der Waals surface area contributed by atoms with Gasteiger partial charge in [0, 0.05) is 7.11 Å². The Hall–Kier alpha value is 0.400. The molecule has 9 heavy (non-hydrogen) atoms. The Labute approximate surface area is 67.6 Å². The Morgan fingerprint density at radius 2 is 2.22 bits per heavy atom. The van der Waals surface area contributed by atoms with Gasteiger partial charge in [0.2, 0.25) is 5.24 Å². The Kier molecular flexibility index (Phi) is 4.44. The maximum Gasteiger partial charge on any atom is 0.237 e. The lowest BCUT2D eigenvalue weighted by atomic mass is 10.3. The molecule has 0 rings (SSSR count). The van der Waals surface area contributed by atoms with Crippen LogP contribution >= 0.6 is 27.5 Å². The molecule has 0 aliphatic heterocycles. The van der Waals surface area contributed by atoms with Gasteiger partial charge in [-0.2, -0.15) is 0 Å². The monoisotopic (exact) mass is 214 g/mol. The van der Waals surface area contributed by atoms with E-state index in [-0.39, 0.29) is 6.10 Å². The molecule has 54 valence electrons. The third kappa shape index (κ3) is 3.18. The van der Waals surface area contributed by atoms with Crippen molar-refractivity contribution in [3.05, 3.63) is 0 Å². The zero-order chi connectivity index (χ0) is 7.44. The summed E-state index contributed by atoms with van der Waals surface area (Å²) in [6, 6.07) is 0. The molecular formula is C5H8BrClO2. The van der Waals surface area contributed by atoms with Crippen LogP contribution in [0.25, 0.3) is 0 Å². The van der Waals surface area contributed by atoms with E-state index in [1.165, 1.54) is 7.11 Å². The van der Waals surface area contributed by atoms with Gasteiger partial charge in [-0.05, 0) is 18.5 Å². The van der Waals surface area contributed by atoms with Gasteiger partial charge >= 0.3 is 0 Å². The lowest BCUT2D eigenvalue weighted by Crippen LogP contribution is -2.24. The summed E-state index contributed by atoms with van der Waals surface area (Å²) in [5.74, 6) is 0. The van der Waals surface area contributed by atoms with Crippen molar-refractivity contribution in [2.75, 3.05) is 7.11 Å². The van der Waals surface area contributed by atoms with Crippen molar-refractivity contribution >= 4 is 32.8 Å². The van der Waals surface area contributed by atoms with Gasteiger partial charge in [-0.15, -0.1) is 0 Å². The molecule has 0 saturated heterocycles. The van der Waals surface area contributed by atoms with Gasteiger partial charge in [0.25, 0.3) is 0 Å². The largest absolute Gasteiger partial charge is 0.380 e. The highest BCUT2D eigenvalue weighted by Crippen LogP contribution is 2.11. The van der Waals surface area contributed by atoms with Crippen LogP contribution in [0.2, 0.25) is 0 Å². The molecule has 0 aromatic rings. The van der Waals surface area contributed by atoms with E-state index in [1.54, 1.807) is 6.92 Å². The molecular weight excluding hydrogens is 207 g/mol. The summed E-state index contributed by atoms with van der Waals surface area (Å²) in [5.41, 5.74) is 0. The number of carbonyl (C=O) groups is 1. The fourth-order valence-electron chi connectivity index (χ4n) is 0.304. The molecule has 2 nitrogen and oxygen atoms in total. The first kappa shape index (κ1) is 9.40. The first-order valence-corrected chi connectivity index (χ1v) is 3.75. The van der Waals surface area contributed by atoms with Crippen molar-refractivity contribution in [1.29, 1.82) is 0 Å². The topological polar surface area (TPSA) is 26.3 Å². The van der Waals surface area contributed by atoms with Crippen molar-refractivity contribution in [2.24, 2.45) is 0 Å². The molecule has 0 radical (unpaired) electrons. The molecule has 0 saturated carbocycles. The smallest absolute Gasteiger partial charge is 0.237 e. The molecule has 0 spiro atoms. The number of methoxy groups -OCH3 is 1. The SMILES string of the molecule is CO[C@H](C)[C@H](Br)C(=O)Cl. The van der Waals surface area contributed by atoms with Crippen molar-refractivity contribution < 1.29 is 9.53 Å². The Balaban J connectivity index is 3.72. The number of hydrogen-bond donors (Lipinski definition) is 0. The third-order valence-electron chi connectivity index (χ3n) is 1.00. The molecule has 0 aliphatic rings. The number of halogens is 2. The quantitative estimate of drug-likeness (QED) is 0.527. The van der Waals surface area contributed by atoms with Crippen LogP contribution in [0.3, 0.4) is 0 Å². The molecule has 0 heterocycles. The van der Waals surface area contributed by atoms with E-state index in [1.807, 2.05) is 0 Å². The second-order valence-electron chi connectivity index (χ2n) is 1.65. The van der Waals surface area contributed by atoms with Gasteiger partial charge < -0.3 is 4.74 Å². The van der Waals surface area contributed by atoms with Crippen LogP contribution in [0.1, 0.15) is 6.92 Å². The molecule has 0 aliphatic carbocycles. The minimum absolute atomic E-state index is 0.171. The van der Waals surface area contributed by atoms with Crippen LogP contribution in [-0.2, 0) is 9.53 Å². The third-order valence-corrected chi connectivity index (χ3v) is 2.66. The van der Waals surface area contributed by atoms with E-state index in [0.29, 0.717) is 0 Å². The summed E-state index contributed by atoms with van der Waals surface area (Å²) in [4.78, 5) is 9.98. The molecule has 0 N–H and O–H groups in total. The number of ether oxygens (including phenoxy) is 1. The predicted molar refractivity (Wildman–Crippen MR) is 40.0 cm³/mol. The van der Waals surface area contributed by atoms with Gasteiger partial charge in [0.1, 0.15) is 4.83 Å². The van der Waals surface area contributed by atoms with Crippen LogP contribution in [0.15, 0.2) is 0 Å². The maximum atomic E-state index is 10.4. The van der Waals surface area contributed by atoms with Crippen molar-refractivity contribution in [1.82, 2.24) is 0 Å². The zero-order valence-corrected chi connectivity index (χ0v) is 7.57. The standard InChI is InChI=1S/C5H8BrClO2/c1-3(9-2)4(6)5(7)8/h3-4H,1-2H3/t3-,4+/m1/s1. The molecule has 0 bridgehead atoms. The minimum atomic E-state index is -0.427.